The summed E-state index contributed by atoms with van der Waals surface area (Å²) in [5, 5.41) is 31.3. The highest BCUT2D eigenvalue weighted by Crippen LogP contribution is 2.36. The van der Waals surface area contributed by atoms with Gasteiger partial charge in [0.15, 0.2) is 0 Å². The Morgan fingerprint density at radius 2 is 1.88 bits per heavy atom. The van der Waals surface area contributed by atoms with Gasteiger partial charge >= 0.3 is 0 Å². The van der Waals surface area contributed by atoms with Crippen LogP contribution in [-0.2, 0) is 5.41 Å². The van der Waals surface area contributed by atoms with E-state index in [1.165, 1.54) is 18.3 Å². The van der Waals surface area contributed by atoms with E-state index >= 15 is 0 Å². The molecule has 0 bridgehead atoms. The Hall–Kier alpha value is -2.73. The average molecular weight is 342 g/mol. The molecular formula is C19H22N2O4. The number of hydrogen-bond acceptors (Lipinski definition) is 5. The van der Waals surface area contributed by atoms with E-state index < -0.39 is 16.4 Å². The number of rotatable bonds is 5. The van der Waals surface area contributed by atoms with Crippen LogP contribution in [0.5, 0.6) is 5.75 Å². The standard InChI is InChI=1S/C19H22N2O4/c1-19(2,3)16-10-15(21(24)25)9-14(18(16)23)11-20-17(12-22)13-7-5-4-6-8-13/h4-11,17,22-23H,12H2,1-3H3/t17-/m0/s1. The predicted molar refractivity (Wildman–Crippen MR) is 97.3 cm³/mol. The van der Waals surface area contributed by atoms with Crippen molar-refractivity contribution in [3.63, 3.8) is 0 Å². The van der Waals surface area contributed by atoms with Gasteiger partial charge in [-0.2, -0.15) is 0 Å². The fraction of sp³-hybridized carbons (Fsp3) is 0.316. The lowest BCUT2D eigenvalue weighted by molar-refractivity contribution is -0.385. The van der Waals surface area contributed by atoms with Gasteiger partial charge in [0, 0.05) is 29.5 Å². The second kappa shape index (κ2) is 7.44. The summed E-state index contributed by atoms with van der Waals surface area (Å²) in [6.45, 7) is 5.40. The maximum absolute atomic E-state index is 11.2. The Kier molecular flexibility index (Phi) is 5.54. The maximum atomic E-state index is 11.2. The SMILES string of the molecule is CC(C)(C)c1cc([N+](=O)[O-])cc(C=N[C@@H](CO)c2ccccc2)c1O. The summed E-state index contributed by atoms with van der Waals surface area (Å²) in [5.41, 5.74) is 0.984. The van der Waals surface area contributed by atoms with Crippen LogP contribution >= 0.6 is 0 Å². The van der Waals surface area contributed by atoms with Gasteiger partial charge in [0.2, 0.25) is 0 Å². The molecule has 0 unspecified atom stereocenters. The molecule has 0 heterocycles. The van der Waals surface area contributed by atoms with Gasteiger partial charge in [-0.1, -0.05) is 51.1 Å². The molecule has 0 radical (unpaired) electrons. The first-order valence-electron chi connectivity index (χ1n) is 7.95. The topological polar surface area (TPSA) is 96.0 Å². The maximum Gasteiger partial charge on any atom is 0.270 e. The number of aliphatic hydroxyl groups is 1. The number of phenolic OH excluding ortho intramolecular Hbond substituents is 1. The minimum atomic E-state index is -0.502. The minimum Gasteiger partial charge on any atom is -0.507 e. The molecule has 0 fully saturated rings. The quantitative estimate of drug-likeness (QED) is 0.491. The van der Waals surface area contributed by atoms with Crippen molar-refractivity contribution in [2.24, 2.45) is 4.99 Å². The first kappa shape index (κ1) is 18.6. The van der Waals surface area contributed by atoms with Crippen LogP contribution in [0.4, 0.5) is 5.69 Å². The van der Waals surface area contributed by atoms with Crippen LogP contribution in [0.25, 0.3) is 0 Å². The number of phenols is 1. The van der Waals surface area contributed by atoms with Crippen molar-refractivity contribution in [1.29, 1.82) is 0 Å². The molecule has 0 aliphatic rings. The molecule has 0 aliphatic carbocycles. The molecule has 2 aromatic rings. The van der Waals surface area contributed by atoms with Gasteiger partial charge in [0.25, 0.3) is 5.69 Å². The van der Waals surface area contributed by atoms with Gasteiger partial charge in [0.1, 0.15) is 5.75 Å². The summed E-state index contributed by atoms with van der Waals surface area (Å²) in [4.78, 5) is 15.0. The van der Waals surface area contributed by atoms with E-state index in [1.807, 2.05) is 51.1 Å². The number of non-ortho nitro benzene ring substituents is 1. The lowest BCUT2D eigenvalue weighted by atomic mass is 9.85. The monoisotopic (exact) mass is 342 g/mol. The smallest absolute Gasteiger partial charge is 0.270 e. The third-order valence-corrected chi connectivity index (χ3v) is 3.89. The van der Waals surface area contributed by atoms with E-state index in [1.54, 1.807) is 0 Å². The van der Waals surface area contributed by atoms with Crippen molar-refractivity contribution < 1.29 is 15.1 Å². The number of nitrogens with zero attached hydrogens (tertiary/aromatic N) is 2. The van der Waals surface area contributed by atoms with Crippen LogP contribution in [-0.4, -0.2) is 28.0 Å². The molecule has 0 spiro atoms. The van der Waals surface area contributed by atoms with E-state index in [4.69, 9.17) is 0 Å². The third-order valence-electron chi connectivity index (χ3n) is 3.89. The number of aliphatic hydroxyl groups excluding tert-OH is 1. The van der Waals surface area contributed by atoms with Crippen molar-refractivity contribution in [1.82, 2.24) is 0 Å². The van der Waals surface area contributed by atoms with Gasteiger partial charge in [-0.25, -0.2) is 0 Å². The van der Waals surface area contributed by atoms with Crippen LogP contribution in [0.2, 0.25) is 0 Å². The molecule has 0 amide bonds. The summed E-state index contributed by atoms with van der Waals surface area (Å²) < 4.78 is 0. The first-order chi connectivity index (χ1) is 11.7. The van der Waals surface area contributed by atoms with E-state index in [0.29, 0.717) is 5.56 Å². The molecule has 0 saturated heterocycles. The first-order valence-corrected chi connectivity index (χ1v) is 7.95. The number of aromatic hydroxyl groups is 1. The molecule has 1 atom stereocenters. The predicted octanol–water partition coefficient (Wildman–Crippen LogP) is 3.75. The van der Waals surface area contributed by atoms with Crippen LogP contribution < -0.4 is 0 Å². The molecule has 2 N–H and O–H groups in total. The number of benzene rings is 2. The summed E-state index contributed by atoms with van der Waals surface area (Å²) >= 11 is 0. The van der Waals surface area contributed by atoms with Gasteiger partial charge in [0.05, 0.1) is 17.6 Å². The number of nitro benzene ring substituents is 1. The highest BCUT2D eigenvalue weighted by molar-refractivity contribution is 5.86. The normalized spacial score (nSPS) is 13.1. The Morgan fingerprint density at radius 3 is 2.40 bits per heavy atom. The summed E-state index contributed by atoms with van der Waals surface area (Å²) in [6, 6.07) is 11.4. The highest BCUT2D eigenvalue weighted by atomic mass is 16.6. The fourth-order valence-corrected chi connectivity index (χ4v) is 2.50. The lowest BCUT2D eigenvalue weighted by Gasteiger charge is -2.21. The van der Waals surface area contributed by atoms with Crippen molar-refractivity contribution in [3.8, 4) is 5.75 Å². The van der Waals surface area contributed by atoms with Gasteiger partial charge in [-0.3, -0.25) is 15.1 Å². The number of nitro groups is 1. The summed E-state index contributed by atoms with van der Waals surface area (Å²) in [7, 11) is 0. The number of aliphatic imine (C=N–C) groups is 1. The second-order valence-electron chi connectivity index (χ2n) is 6.83. The Labute approximate surface area is 146 Å². The van der Waals surface area contributed by atoms with Crippen LogP contribution in [0.15, 0.2) is 47.5 Å². The van der Waals surface area contributed by atoms with E-state index in [0.717, 1.165) is 5.56 Å². The molecule has 0 aliphatic heterocycles. The molecule has 2 rings (SSSR count). The molecule has 6 nitrogen and oxygen atoms in total. The van der Waals surface area contributed by atoms with Crippen molar-refractivity contribution in [3.05, 3.63) is 69.3 Å². The van der Waals surface area contributed by atoms with Crippen LogP contribution in [0.3, 0.4) is 0 Å². The molecule has 2 aromatic carbocycles. The second-order valence-corrected chi connectivity index (χ2v) is 6.83. The van der Waals surface area contributed by atoms with Crippen molar-refractivity contribution >= 4 is 11.9 Å². The zero-order valence-electron chi connectivity index (χ0n) is 14.5. The largest absolute Gasteiger partial charge is 0.507 e. The van der Waals surface area contributed by atoms with Crippen LogP contribution in [0, 0.1) is 10.1 Å². The molecule has 0 aromatic heterocycles. The van der Waals surface area contributed by atoms with E-state index in [-0.39, 0.29) is 23.6 Å². The average Bonchev–Trinajstić information content (AvgIpc) is 2.56. The molecular weight excluding hydrogens is 320 g/mol. The van der Waals surface area contributed by atoms with Crippen molar-refractivity contribution in [2.75, 3.05) is 6.61 Å². The van der Waals surface area contributed by atoms with Gasteiger partial charge in [-0.15, -0.1) is 0 Å². The molecule has 132 valence electrons. The third kappa shape index (κ3) is 4.42. The molecule has 6 heteroatoms. The molecule has 25 heavy (non-hydrogen) atoms. The highest BCUT2D eigenvalue weighted by Gasteiger charge is 2.24. The zero-order chi connectivity index (χ0) is 18.6. The zero-order valence-corrected chi connectivity index (χ0v) is 14.5. The minimum absolute atomic E-state index is 0.0356. The lowest BCUT2D eigenvalue weighted by Crippen LogP contribution is -2.13. The Bertz CT molecular complexity index is 780. The van der Waals surface area contributed by atoms with Gasteiger partial charge < -0.3 is 10.2 Å². The summed E-state index contributed by atoms with van der Waals surface area (Å²) in [6.07, 6.45) is 1.38. The van der Waals surface area contributed by atoms with E-state index in [2.05, 4.69) is 4.99 Å². The van der Waals surface area contributed by atoms with E-state index in [9.17, 15) is 20.3 Å². The Balaban J connectivity index is 2.47. The van der Waals surface area contributed by atoms with Gasteiger partial charge in [-0.05, 0) is 11.0 Å². The molecule has 0 saturated carbocycles. The van der Waals surface area contributed by atoms with Crippen molar-refractivity contribution in [2.45, 2.75) is 32.2 Å². The van der Waals surface area contributed by atoms with Crippen LogP contribution in [0.1, 0.15) is 43.5 Å². The Morgan fingerprint density at radius 1 is 1.24 bits per heavy atom. The number of hydrogen-bond donors (Lipinski definition) is 2. The summed E-state index contributed by atoms with van der Waals surface area (Å²) in [5.74, 6) is -0.0356. The fourth-order valence-electron chi connectivity index (χ4n) is 2.50.